The molecule has 0 atom stereocenters. The van der Waals surface area contributed by atoms with Crippen LogP contribution in [0.1, 0.15) is 22.3 Å². The molecule has 4 rings (SSSR count). The molecule has 1 aliphatic heterocycles. The zero-order valence-corrected chi connectivity index (χ0v) is 22.3. The second-order valence-electron chi connectivity index (χ2n) is 8.93. The topological polar surface area (TPSA) is 162 Å². The van der Waals surface area contributed by atoms with Crippen molar-refractivity contribution in [2.24, 2.45) is 0 Å². The summed E-state index contributed by atoms with van der Waals surface area (Å²) in [6, 6.07) is 13.0. The molecule has 0 saturated carbocycles. The van der Waals surface area contributed by atoms with Gasteiger partial charge in [0.1, 0.15) is 12.3 Å². The Labute approximate surface area is 231 Å². The van der Waals surface area contributed by atoms with E-state index in [4.69, 9.17) is 4.74 Å². The Morgan fingerprint density at radius 1 is 0.975 bits per heavy atom. The second-order valence-corrected chi connectivity index (χ2v) is 9.92. The maximum Gasteiger partial charge on any atom is 0.318 e. The minimum atomic E-state index is -0.782. The highest BCUT2D eigenvalue weighted by molar-refractivity contribution is 8.18. The maximum atomic E-state index is 12.9. The van der Waals surface area contributed by atoms with E-state index < -0.39 is 44.8 Å². The van der Waals surface area contributed by atoms with Gasteiger partial charge in [0.25, 0.3) is 16.8 Å². The molecular weight excluding hydrogens is 540 g/mol. The molecule has 0 unspecified atom stereocenters. The van der Waals surface area contributed by atoms with Gasteiger partial charge in [0.2, 0.25) is 11.7 Å². The Bertz CT molecular complexity index is 1580. The predicted octanol–water partition coefficient (Wildman–Crippen LogP) is 5.90. The highest BCUT2D eigenvalue weighted by Crippen LogP contribution is 2.35. The molecule has 3 aromatic carbocycles. The number of aryl methyl sites for hydroxylation is 3. The smallest absolute Gasteiger partial charge is 0.318 e. The van der Waals surface area contributed by atoms with Gasteiger partial charge in [-0.1, -0.05) is 29.8 Å². The Morgan fingerprint density at radius 2 is 1.62 bits per heavy atom. The molecule has 0 spiro atoms. The van der Waals surface area contributed by atoms with Crippen LogP contribution in [0, 0.1) is 41.0 Å². The first-order valence-corrected chi connectivity index (χ1v) is 12.6. The Balaban J connectivity index is 1.44. The van der Waals surface area contributed by atoms with Gasteiger partial charge in [-0.15, -0.1) is 0 Å². The fraction of sp³-hybridized carbons (Fsp3) is 0.148. The number of nitrogens with one attached hydrogen (secondary N) is 1. The first-order valence-electron chi connectivity index (χ1n) is 11.8. The third-order valence-electron chi connectivity index (χ3n) is 5.87. The first kappa shape index (κ1) is 28.0. The lowest BCUT2D eigenvalue weighted by Crippen LogP contribution is -2.36. The zero-order valence-electron chi connectivity index (χ0n) is 21.5. The van der Waals surface area contributed by atoms with Crippen molar-refractivity contribution < 1.29 is 29.0 Å². The fourth-order valence-electron chi connectivity index (χ4n) is 4.09. The number of non-ortho nitro benzene ring substituents is 1. The third kappa shape index (κ3) is 6.15. The molecule has 0 aromatic heterocycles. The van der Waals surface area contributed by atoms with Crippen LogP contribution >= 0.6 is 11.8 Å². The number of nitrogens with zero attached hydrogens (tertiary/aromatic N) is 3. The van der Waals surface area contributed by atoms with Gasteiger partial charge in [0, 0.05) is 11.8 Å². The number of hydrogen-bond donors (Lipinski definition) is 1. The Kier molecular flexibility index (Phi) is 7.95. The Morgan fingerprint density at radius 3 is 2.23 bits per heavy atom. The molecule has 1 heterocycles. The fourth-order valence-corrected chi connectivity index (χ4v) is 4.93. The second kappa shape index (κ2) is 11.4. The summed E-state index contributed by atoms with van der Waals surface area (Å²) >= 11 is 0.706. The van der Waals surface area contributed by atoms with Crippen molar-refractivity contribution in [3.8, 4) is 11.5 Å². The summed E-state index contributed by atoms with van der Waals surface area (Å²) in [5.74, 6) is -1.08. The van der Waals surface area contributed by atoms with Crippen molar-refractivity contribution in [2.75, 3.05) is 11.9 Å². The number of hydrogen-bond acceptors (Lipinski definition) is 9. The highest BCUT2D eigenvalue weighted by Gasteiger charge is 2.36. The molecule has 12 nitrogen and oxygen atoms in total. The highest BCUT2D eigenvalue weighted by atomic mass is 32.2. The molecule has 1 aliphatic rings. The Hall–Kier alpha value is -5.04. The molecule has 13 heteroatoms. The summed E-state index contributed by atoms with van der Waals surface area (Å²) in [6.45, 7) is 5.24. The SMILES string of the molecule is Cc1cc(C)c(NC(=O)CN2C(=O)SC(=Cc3ccc(Oc4ccc([N+](=O)[O-])cc4[N+](=O)[O-])cc3)C2=O)c(C)c1. The average Bonchev–Trinajstić information content (AvgIpc) is 3.14. The van der Waals surface area contributed by atoms with Gasteiger partial charge in [-0.3, -0.25) is 39.5 Å². The van der Waals surface area contributed by atoms with E-state index in [-0.39, 0.29) is 16.4 Å². The van der Waals surface area contributed by atoms with Gasteiger partial charge in [0.05, 0.1) is 20.8 Å². The van der Waals surface area contributed by atoms with Gasteiger partial charge in [-0.25, -0.2) is 0 Å². The quantitative estimate of drug-likeness (QED) is 0.200. The van der Waals surface area contributed by atoms with Crippen LogP contribution in [0.25, 0.3) is 6.08 Å². The molecule has 40 heavy (non-hydrogen) atoms. The summed E-state index contributed by atoms with van der Waals surface area (Å²) in [5.41, 5.74) is 2.96. The van der Waals surface area contributed by atoms with Crippen LogP contribution in [0.5, 0.6) is 11.5 Å². The molecule has 0 radical (unpaired) electrons. The zero-order chi connectivity index (χ0) is 29.1. The van der Waals surface area contributed by atoms with Gasteiger partial charge in [-0.05, 0) is 73.5 Å². The molecule has 204 valence electrons. The van der Waals surface area contributed by atoms with Crippen molar-refractivity contribution in [3.05, 3.63) is 102 Å². The van der Waals surface area contributed by atoms with E-state index in [0.29, 0.717) is 23.0 Å². The van der Waals surface area contributed by atoms with Crippen molar-refractivity contribution >= 4 is 52.0 Å². The number of imide groups is 1. The van der Waals surface area contributed by atoms with Crippen molar-refractivity contribution in [2.45, 2.75) is 20.8 Å². The summed E-state index contributed by atoms with van der Waals surface area (Å²) < 4.78 is 5.54. The van der Waals surface area contributed by atoms with E-state index in [0.717, 1.165) is 39.8 Å². The summed E-state index contributed by atoms with van der Waals surface area (Å²) in [4.78, 5) is 59.7. The first-order chi connectivity index (χ1) is 18.9. The van der Waals surface area contributed by atoms with Crippen molar-refractivity contribution in [3.63, 3.8) is 0 Å². The summed E-state index contributed by atoms with van der Waals surface area (Å²) in [6.07, 6.45) is 1.48. The molecular formula is C27H22N4O8S. The van der Waals surface area contributed by atoms with Crippen LogP contribution in [0.2, 0.25) is 0 Å². The van der Waals surface area contributed by atoms with Crippen LogP contribution in [-0.2, 0) is 9.59 Å². The van der Waals surface area contributed by atoms with Crippen LogP contribution < -0.4 is 10.1 Å². The number of thioether (sulfide) groups is 1. The van der Waals surface area contributed by atoms with Crippen LogP contribution in [0.4, 0.5) is 21.9 Å². The van der Waals surface area contributed by atoms with Crippen molar-refractivity contribution in [1.82, 2.24) is 4.90 Å². The van der Waals surface area contributed by atoms with E-state index in [2.05, 4.69) is 5.32 Å². The number of nitro benzene ring substituents is 2. The van der Waals surface area contributed by atoms with Gasteiger partial charge >= 0.3 is 5.69 Å². The summed E-state index contributed by atoms with van der Waals surface area (Å²) in [5, 5.41) is 24.4. The number of nitro groups is 2. The molecule has 0 aliphatic carbocycles. The van der Waals surface area contributed by atoms with E-state index in [1.165, 1.54) is 18.2 Å². The number of ether oxygens (including phenoxy) is 1. The number of amides is 3. The minimum absolute atomic E-state index is 0.125. The number of carbonyl (C=O) groups is 3. The summed E-state index contributed by atoms with van der Waals surface area (Å²) in [7, 11) is 0. The van der Waals surface area contributed by atoms with Gasteiger partial charge in [0.15, 0.2) is 0 Å². The molecule has 1 N–H and O–H groups in total. The van der Waals surface area contributed by atoms with Gasteiger partial charge in [-0.2, -0.15) is 0 Å². The van der Waals surface area contributed by atoms with Crippen LogP contribution in [-0.4, -0.2) is 38.3 Å². The number of anilines is 1. The minimum Gasteiger partial charge on any atom is -0.450 e. The lowest BCUT2D eigenvalue weighted by molar-refractivity contribution is -0.394. The van der Waals surface area contributed by atoms with E-state index in [1.807, 2.05) is 32.9 Å². The van der Waals surface area contributed by atoms with Crippen LogP contribution in [0.3, 0.4) is 0 Å². The molecule has 0 bridgehead atoms. The predicted molar refractivity (Wildman–Crippen MR) is 148 cm³/mol. The lowest BCUT2D eigenvalue weighted by atomic mass is 10.1. The molecule has 1 saturated heterocycles. The molecule has 3 amide bonds. The van der Waals surface area contributed by atoms with Crippen molar-refractivity contribution in [1.29, 1.82) is 0 Å². The van der Waals surface area contributed by atoms with E-state index in [1.54, 1.807) is 12.1 Å². The molecule has 3 aromatic rings. The average molecular weight is 563 g/mol. The lowest BCUT2D eigenvalue weighted by Gasteiger charge is -2.15. The normalized spacial score (nSPS) is 14.0. The standard InChI is InChI=1S/C27H22N4O8S/c1-15-10-16(2)25(17(3)11-15)28-24(32)14-29-26(33)23(40-27(29)34)12-18-4-7-20(8-5-18)39-22-9-6-19(30(35)36)13-21(22)31(37)38/h4-13H,14H2,1-3H3,(H,28,32). The van der Waals surface area contributed by atoms with Gasteiger partial charge < -0.3 is 10.1 Å². The monoisotopic (exact) mass is 562 g/mol. The maximum absolute atomic E-state index is 12.9. The van der Waals surface area contributed by atoms with E-state index in [9.17, 15) is 34.6 Å². The number of rotatable bonds is 8. The molecule has 1 fully saturated rings. The van der Waals surface area contributed by atoms with E-state index >= 15 is 0 Å². The third-order valence-corrected chi connectivity index (χ3v) is 6.78. The van der Waals surface area contributed by atoms with Crippen LogP contribution in [0.15, 0.2) is 59.5 Å². The number of benzene rings is 3. The number of carbonyl (C=O) groups excluding carboxylic acids is 3. The largest absolute Gasteiger partial charge is 0.450 e.